The van der Waals surface area contributed by atoms with Crippen molar-refractivity contribution in [3.05, 3.63) is 33.8 Å². The zero-order valence-electron chi connectivity index (χ0n) is 8.17. The van der Waals surface area contributed by atoms with Crippen molar-refractivity contribution in [3.8, 4) is 0 Å². The van der Waals surface area contributed by atoms with Crippen molar-refractivity contribution in [2.24, 2.45) is 0 Å². The molecule has 0 saturated carbocycles. The maximum atomic E-state index is 10.4. The largest absolute Gasteiger partial charge is 0.385 e. The fourth-order valence-corrected chi connectivity index (χ4v) is 2.08. The number of ether oxygens (including phenoxy) is 1. The Hall–Kier alpha value is -0.280. The second-order valence-corrected chi connectivity index (χ2v) is 4.59. The first-order chi connectivity index (χ1) is 7.12. The van der Waals surface area contributed by atoms with Gasteiger partial charge in [0.1, 0.15) is 0 Å². The van der Waals surface area contributed by atoms with Gasteiger partial charge in [-0.2, -0.15) is 0 Å². The van der Waals surface area contributed by atoms with Crippen LogP contribution in [-0.2, 0) is 10.3 Å². The summed E-state index contributed by atoms with van der Waals surface area (Å²) in [7, 11) is 0. The van der Waals surface area contributed by atoms with Gasteiger partial charge in [0.05, 0.1) is 15.6 Å². The van der Waals surface area contributed by atoms with Crippen LogP contribution in [-0.4, -0.2) is 18.3 Å². The maximum Gasteiger partial charge on any atom is 0.0940 e. The van der Waals surface area contributed by atoms with Gasteiger partial charge in [0.25, 0.3) is 0 Å². The molecule has 2 rings (SSSR count). The molecular formula is C11H12Cl2O2. The molecule has 0 aromatic heterocycles. The van der Waals surface area contributed by atoms with Crippen LogP contribution >= 0.6 is 23.2 Å². The number of hydrogen-bond donors (Lipinski definition) is 1. The van der Waals surface area contributed by atoms with Crippen molar-refractivity contribution in [3.63, 3.8) is 0 Å². The molecule has 0 unspecified atom stereocenters. The fourth-order valence-electron chi connectivity index (χ4n) is 1.78. The molecule has 1 aromatic carbocycles. The van der Waals surface area contributed by atoms with Crippen molar-refractivity contribution >= 4 is 23.2 Å². The van der Waals surface area contributed by atoms with E-state index in [1.165, 1.54) is 0 Å². The molecular weight excluding hydrogens is 235 g/mol. The minimum Gasteiger partial charge on any atom is -0.385 e. The lowest BCUT2D eigenvalue weighted by atomic mass is 9.86. The molecule has 1 heterocycles. The summed E-state index contributed by atoms with van der Waals surface area (Å²) in [4.78, 5) is 0. The van der Waals surface area contributed by atoms with E-state index in [1.807, 2.05) is 6.07 Å². The molecule has 2 nitrogen and oxygen atoms in total. The molecule has 1 N–H and O–H groups in total. The van der Waals surface area contributed by atoms with Crippen molar-refractivity contribution in [2.45, 2.75) is 18.4 Å². The highest BCUT2D eigenvalue weighted by atomic mass is 35.5. The molecule has 82 valence electrons. The van der Waals surface area contributed by atoms with Crippen molar-refractivity contribution in [2.75, 3.05) is 13.2 Å². The van der Waals surface area contributed by atoms with Gasteiger partial charge in [-0.1, -0.05) is 29.3 Å². The number of benzene rings is 1. The molecule has 0 atom stereocenters. The molecule has 0 aliphatic carbocycles. The van der Waals surface area contributed by atoms with Crippen molar-refractivity contribution in [1.82, 2.24) is 0 Å². The van der Waals surface area contributed by atoms with E-state index in [4.69, 9.17) is 27.9 Å². The van der Waals surface area contributed by atoms with Gasteiger partial charge in [0, 0.05) is 26.1 Å². The SMILES string of the molecule is OC1(c2ccc(Cl)c(Cl)c2)CCOCC1. The van der Waals surface area contributed by atoms with E-state index in [1.54, 1.807) is 12.1 Å². The van der Waals surface area contributed by atoms with Gasteiger partial charge in [0.15, 0.2) is 0 Å². The predicted octanol–water partition coefficient (Wildman–Crippen LogP) is 2.99. The highest BCUT2D eigenvalue weighted by molar-refractivity contribution is 6.42. The van der Waals surface area contributed by atoms with Gasteiger partial charge in [-0.05, 0) is 17.7 Å². The Balaban J connectivity index is 2.31. The Morgan fingerprint density at radius 2 is 1.80 bits per heavy atom. The molecule has 1 aliphatic rings. The van der Waals surface area contributed by atoms with Crippen LogP contribution in [0.25, 0.3) is 0 Å². The Morgan fingerprint density at radius 1 is 1.13 bits per heavy atom. The minimum atomic E-state index is -0.813. The van der Waals surface area contributed by atoms with E-state index in [0.29, 0.717) is 36.1 Å². The summed E-state index contributed by atoms with van der Waals surface area (Å²) in [6.45, 7) is 1.16. The lowest BCUT2D eigenvalue weighted by molar-refractivity contribution is -0.0679. The lowest BCUT2D eigenvalue weighted by Crippen LogP contribution is -2.33. The summed E-state index contributed by atoms with van der Waals surface area (Å²) in [5.41, 5.74) is 0.00661. The molecule has 0 spiro atoms. The summed E-state index contributed by atoms with van der Waals surface area (Å²) in [5.74, 6) is 0. The topological polar surface area (TPSA) is 29.5 Å². The van der Waals surface area contributed by atoms with Gasteiger partial charge < -0.3 is 9.84 Å². The Bertz CT molecular complexity index is 360. The van der Waals surface area contributed by atoms with Crippen LogP contribution in [0.1, 0.15) is 18.4 Å². The molecule has 1 aliphatic heterocycles. The number of rotatable bonds is 1. The molecule has 1 saturated heterocycles. The monoisotopic (exact) mass is 246 g/mol. The van der Waals surface area contributed by atoms with E-state index >= 15 is 0 Å². The van der Waals surface area contributed by atoms with Crippen LogP contribution in [0.3, 0.4) is 0 Å². The van der Waals surface area contributed by atoms with E-state index < -0.39 is 5.60 Å². The van der Waals surface area contributed by atoms with Gasteiger partial charge in [-0.3, -0.25) is 0 Å². The number of halogens is 2. The average molecular weight is 247 g/mol. The van der Waals surface area contributed by atoms with Crippen LogP contribution < -0.4 is 0 Å². The summed E-state index contributed by atoms with van der Waals surface area (Å²) in [6.07, 6.45) is 1.20. The Kier molecular flexibility index (Phi) is 3.21. The first-order valence-electron chi connectivity index (χ1n) is 4.87. The number of aliphatic hydroxyl groups is 1. The van der Waals surface area contributed by atoms with Crippen LogP contribution in [0.15, 0.2) is 18.2 Å². The standard InChI is InChI=1S/C11H12Cl2O2/c12-9-2-1-8(7-10(9)13)11(14)3-5-15-6-4-11/h1-2,7,14H,3-6H2. The van der Waals surface area contributed by atoms with E-state index in [9.17, 15) is 5.11 Å². The van der Waals surface area contributed by atoms with E-state index in [2.05, 4.69) is 0 Å². The molecule has 0 bridgehead atoms. The first kappa shape index (κ1) is 11.2. The Labute approximate surface area is 98.8 Å². The van der Waals surface area contributed by atoms with Gasteiger partial charge in [-0.15, -0.1) is 0 Å². The second kappa shape index (κ2) is 4.30. The summed E-state index contributed by atoms with van der Waals surface area (Å²) in [5, 5.41) is 11.4. The molecule has 15 heavy (non-hydrogen) atoms. The zero-order valence-corrected chi connectivity index (χ0v) is 9.68. The molecule has 1 fully saturated rings. The smallest absolute Gasteiger partial charge is 0.0940 e. The second-order valence-electron chi connectivity index (χ2n) is 3.77. The minimum absolute atomic E-state index is 0.481. The Morgan fingerprint density at radius 3 is 2.40 bits per heavy atom. The van der Waals surface area contributed by atoms with Gasteiger partial charge in [-0.25, -0.2) is 0 Å². The fraction of sp³-hybridized carbons (Fsp3) is 0.455. The molecule has 0 radical (unpaired) electrons. The summed E-state index contributed by atoms with van der Waals surface area (Å²) >= 11 is 11.7. The van der Waals surface area contributed by atoms with Gasteiger partial charge in [0.2, 0.25) is 0 Å². The molecule has 0 amide bonds. The third-order valence-electron chi connectivity index (χ3n) is 2.78. The van der Waals surface area contributed by atoms with Gasteiger partial charge >= 0.3 is 0 Å². The highest BCUT2D eigenvalue weighted by Crippen LogP contribution is 2.34. The maximum absolute atomic E-state index is 10.4. The first-order valence-corrected chi connectivity index (χ1v) is 5.63. The zero-order chi connectivity index (χ0) is 10.9. The van der Waals surface area contributed by atoms with Crippen LogP contribution in [0, 0.1) is 0 Å². The normalized spacial score (nSPS) is 20.2. The van der Waals surface area contributed by atoms with Crippen LogP contribution in [0.4, 0.5) is 0 Å². The third kappa shape index (κ3) is 2.28. The van der Waals surface area contributed by atoms with Crippen molar-refractivity contribution < 1.29 is 9.84 Å². The average Bonchev–Trinajstić information content (AvgIpc) is 2.23. The summed E-state index contributed by atoms with van der Waals surface area (Å²) in [6, 6.07) is 5.27. The van der Waals surface area contributed by atoms with E-state index in [0.717, 1.165) is 5.56 Å². The van der Waals surface area contributed by atoms with E-state index in [-0.39, 0.29) is 0 Å². The predicted molar refractivity (Wildman–Crippen MR) is 60.4 cm³/mol. The number of hydrogen-bond acceptors (Lipinski definition) is 2. The van der Waals surface area contributed by atoms with Crippen LogP contribution in [0.5, 0.6) is 0 Å². The third-order valence-corrected chi connectivity index (χ3v) is 3.52. The highest BCUT2D eigenvalue weighted by Gasteiger charge is 2.31. The quantitative estimate of drug-likeness (QED) is 0.826. The summed E-state index contributed by atoms with van der Waals surface area (Å²) < 4.78 is 5.22. The molecule has 1 aromatic rings. The lowest BCUT2D eigenvalue weighted by Gasteiger charge is -2.32. The molecule has 4 heteroatoms. The van der Waals surface area contributed by atoms with Crippen molar-refractivity contribution in [1.29, 1.82) is 0 Å². The van der Waals surface area contributed by atoms with Crippen LogP contribution in [0.2, 0.25) is 10.0 Å².